The Morgan fingerprint density at radius 1 is 1.15 bits per heavy atom. The van der Waals surface area contributed by atoms with Crippen LogP contribution in [0.2, 0.25) is 0 Å². The van der Waals surface area contributed by atoms with Crippen LogP contribution >= 0.6 is 11.3 Å². The lowest BCUT2D eigenvalue weighted by Crippen LogP contribution is -1.90. The molecule has 0 amide bonds. The quantitative estimate of drug-likeness (QED) is 0.684. The summed E-state index contributed by atoms with van der Waals surface area (Å²) in [5.74, 6) is 0. The third kappa shape index (κ3) is 1.45. The summed E-state index contributed by atoms with van der Waals surface area (Å²) >= 11 is 1.72. The molecule has 2 aromatic rings. The maximum Gasteiger partial charge on any atom is 0.0404 e. The Hall–Kier alpha value is -1.28. The summed E-state index contributed by atoms with van der Waals surface area (Å²) in [6.07, 6.45) is 0. The van der Waals surface area contributed by atoms with Crippen LogP contribution in [0.3, 0.4) is 0 Å². The number of aryl methyl sites for hydroxylation is 1. The van der Waals surface area contributed by atoms with Crippen LogP contribution < -0.4 is 5.73 Å². The van der Waals surface area contributed by atoms with Crippen LogP contribution in [0, 0.1) is 6.92 Å². The predicted molar refractivity (Wildman–Crippen MR) is 58.9 cm³/mol. The number of hydrogen-bond donors (Lipinski definition) is 1. The monoisotopic (exact) mass is 189 g/mol. The van der Waals surface area contributed by atoms with Gasteiger partial charge in [0.1, 0.15) is 0 Å². The van der Waals surface area contributed by atoms with Gasteiger partial charge >= 0.3 is 0 Å². The van der Waals surface area contributed by atoms with E-state index < -0.39 is 0 Å². The number of thiophene rings is 1. The second kappa shape index (κ2) is 3.23. The third-order valence-corrected chi connectivity index (χ3v) is 2.96. The molecule has 1 aromatic heterocycles. The van der Waals surface area contributed by atoms with Crippen molar-refractivity contribution in [2.75, 3.05) is 5.73 Å². The van der Waals surface area contributed by atoms with E-state index in [1.54, 1.807) is 11.3 Å². The lowest BCUT2D eigenvalue weighted by molar-refractivity contribution is 1.48. The van der Waals surface area contributed by atoms with Crippen molar-refractivity contribution in [3.8, 4) is 10.4 Å². The summed E-state index contributed by atoms with van der Waals surface area (Å²) in [7, 11) is 0. The lowest BCUT2D eigenvalue weighted by atomic mass is 10.1. The van der Waals surface area contributed by atoms with Crippen LogP contribution in [0.1, 0.15) is 5.56 Å². The van der Waals surface area contributed by atoms with E-state index in [1.165, 1.54) is 16.0 Å². The molecular weight excluding hydrogens is 178 g/mol. The van der Waals surface area contributed by atoms with E-state index in [1.807, 2.05) is 18.2 Å². The molecular formula is C11H11NS. The van der Waals surface area contributed by atoms with Crippen molar-refractivity contribution in [3.05, 3.63) is 41.3 Å². The molecule has 66 valence electrons. The SMILES string of the molecule is Cc1cccc(N)c1-c1cccs1. The summed E-state index contributed by atoms with van der Waals surface area (Å²) in [6.45, 7) is 2.09. The van der Waals surface area contributed by atoms with E-state index in [0.29, 0.717) is 0 Å². The predicted octanol–water partition coefficient (Wildman–Crippen LogP) is 3.31. The third-order valence-electron chi connectivity index (χ3n) is 2.07. The Labute approximate surface area is 81.8 Å². The molecule has 2 N–H and O–H groups in total. The van der Waals surface area contributed by atoms with E-state index >= 15 is 0 Å². The van der Waals surface area contributed by atoms with Crippen LogP contribution in [-0.2, 0) is 0 Å². The Kier molecular flexibility index (Phi) is 2.07. The molecule has 0 radical (unpaired) electrons. The molecule has 2 heteroatoms. The summed E-state index contributed by atoms with van der Waals surface area (Å²) in [4.78, 5) is 1.25. The molecule has 0 fully saturated rings. The molecule has 2 rings (SSSR count). The lowest BCUT2D eigenvalue weighted by Gasteiger charge is -2.06. The topological polar surface area (TPSA) is 26.0 Å². The van der Waals surface area contributed by atoms with Crippen LogP contribution in [0.25, 0.3) is 10.4 Å². The number of hydrogen-bond acceptors (Lipinski definition) is 2. The Bertz CT molecular complexity index is 384. The fourth-order valence-electron chi connectivity index (χ4n) is 1.45. The largest absolute Gasteiger partial charge is 0.398 e. The number of nitrogen functional groups attached to an aromatic ring is 1. The molecule has 0 aliphatic carbocycles. The zero-order valence-electron chi connectivity index (χ0n) is 7.45. The smallest absolute Gasteiger partial charge is 0.0404 e. The molecule has 1 aromatic carbocycles. The summed E-state index contributed by atoms with van der Waals surface area (Å²) < 4.78 is 0. The Balaban J connectivity index is 2.64. The Morgan fingerprint density at radius 3 is 2.62 bits per heavy atom. The van der Waals surface area contributed by atoms with E-state index in [2.05, 4.69) is 24.4 Å². The average Bonchev–Trinajstić information content (AvgIpc) is 2.57. The first-order chi connectivity index (χ1) is 6.29. The summed E-state index contributed by atoms with van der Waals surface area (Å²) in [5.41, 5.74) is 9.20. The van der Waals surface area contributed by atoms with Gasteiger partial charge in [-0.3, -0.25) is 0 Å². The highest BCUT2D eigenvalue weighted by atomic mass is 32.1. The highest BCUT2D eigenvalue weighted by molar-refractivity contribution is 7.13. The second-order valence-corrected chi connectivity index (χ2v) is 3.96. The van der Waals surface area contributed by atoms with Crippen molar-refractivity contribution in [2.45, 2.75) is 6.92 Å². The molecule has 0 bridgehead atoms. The molecule has 0 aliphatic rings. The molecule has 1 nitrogen and oxygen atoms in total. The second-order valence-electron chi connectivity index (χ2n) is 3.02. The number of nitrogens with two attached hydrogens (primary N) is 1. The minimum absolute atomic E-state index is 0.863. The Morgan fingerprint density at radius 2 is 2.00 bits per heavy atom. The zero-order chi connectivity index (χ0) is 9.26. The number of anilines is 1. The van der Waals surface area contributed by atoms with Gasteiger partial charge in [0.25, 0.3) is 0 Å². The summed E-state index contributed by atoms with van der Waals surface area (Å²) in [6, 6.07) is 10.2. The van der Waals surface area contributed by atoms with Gasteiger partial charge in [-0.15, -0.1) is 11.3 Å². The average molecular weight is 189 g/mol. The van der Waals surface area contributed by atoms with Gasteiger partial charge in [0.2, 0.25) is 0 Å². The standard InChI is InChI=1S/C11H11NS/c1-8-4-2-5-9(12)11(8)10-6-3-7-13-10/h2-7H,12H2,1H3. The molecule has 0 spiro atoms. The van der Waals surface area contributed by atoms with Crippen molar-refractivity contribution in [1.82, 2.24) is 0 Å². The maximum absolute atomic E-state index is 5.92. The van der Waals surface area contributed by atoms with E-state index in [0.717, 1.165) is 5.69 Å². The molecule has 0 atom stereocenters. The zero-order valence-corrected chi connectivity index (χ0v) is 8.27. The van der Waals surface area contributed by atoms with Crippen molar-refractivity contribution < 1.29 is 0 Å². The van der Waals surface area contributed by atoms with Crippen molar-refractivity contribution in [2.24, 2.45) is 0 Å². The number of rotatable bonds is 1. The van der Waals surface area contributed by atoms with Gasteiger partial charge in [-0.05, 0) is 30.0 Å². The molecule has 0 unspecified atom stereocenters. The highest BCUT2D eigenvalue weighted by Crippen LogP contribution is 2.32. The molecule has 0 saturated carbocycles. The molecule has 13 heavy (non-hydrogen) atoms. The van der Waals surface area contributed by atoms with Crippen LogP contribution in [0.15, 0.2) is 35.7 Å². The molecule has 0 aliphatic heterocycles. The van der Waals surface area contributed by atoms with E-state index in [9.17, 15) is 0 Å². The molecule has 1 heterocycles. The van der Waals surface area contributed by atoms with Gasteiger partial charge in [-0.25, -0.2) is 0 Å². The van der Waals surface area contributed by atoms with Gasteiger partial charge in [-0.1, -0.05) is 18.2 Å². The van der Waals surface area contributed by atoms with Crippen LogP contribution in [0.5, 0.6) is 0 Å². The molecule has 0 saturated heterocycles. The first kappa shape index (κ1) is 8.32. The van der Waals surface area contributed by atoms with Crippen molar-refractivity contribution >= 4 is 17.0 Å². The minimum Gasteiger partial charge on any atom is -0.398 e. The first-order valence-electron chi connectivity index (χ1n) is 4.18. The normalized spacial score (nSPS) is 10.2. The van der Waals surface area contributed by atoms with Crippen molar-refractivity contribution in [3.63, 3.8) is 0 Å². The number of benzene rings is 1. The van der Waals surface area contributed by atoms with Gasteiger partial charge < -0.3 is 5.73 Å². The van der Waals surface area contributed by atoms with E-state index in [4.69, 9.17) is 5.73 Å². The van der Waals surface area contributed by atoms with Gasteiger partial charge in [0.15, 0.2) is 0 Å². The van der Waals surface area contributed by atoms with Gasteiger partial charge in [0, 0.05) is 16.1 Å². The first-order valence-corrected chi connectivity index (χ1v) is 5.06. The highest BCUT2D eigenvalue weighted by Gasteiger charge is 2.05. The van der Waals surface area contributed by atoms with Gasteiger partial charge in [0.05, 0.1) is 0 Å². The minimum atomic E-state index is 0.863. The van der Waals surface area contributed by atoms with Gasteiger partial charge in [-0.2, -0.15) is 0 Å². The fourth-order valence-corrected chi connectivity index (χ4v) is 2.31. The maximum atomic E-state index is 5.92. The van der Waals surface area contributed by atoms with Crippen LogP contribution in [0.4, 0.5) is 5.69 Å². The van der Waals surface area contributed by atoms with Crippen molar-refractivity contribution in [1.29, 1.82) is 0 Å². The summed E-state index contributed by atoms with van der Waals surface area (Å²) in [5, 5.41) is 2.07. The van der Waals surface area contributed by atoms with Crippen LogP contribution in [-0.4, -0.2) is 0 Å². The van der Waals surface area contributed by atoms with E-state index in [-0.39, 0.29) is 0 Å². The fraction of sp³-hybridized carbons (Fsp3) is 0.0909.